The molecule has 0 heterocycles. The van der Waals surface area contributed by atoms with Crippen molar-refractivity contribution in [1.82, 2.24) is 0 Å². The molecule has 0 fully saturated rings. The summed E-state index contributed by atoms with van der Waals surface area (Å²) in [5.41, 5.74) is 0. The minimum Gasteiger partial charge on any atom is -0.462 e. The average molecular weight is 827 g/mol. The summed E-state index contributed by atoms with van der Waals surface area (Å²) in [7, 11) is 0. The van der Waals surface area contributed by atoms with Gasteiger partial charge in [-0.15, -0.1) is 0 Å². The second-order valence-corrected chi connectivity index (χ2v) is 16.7. The summed E-state index contributed by atoms with van der Waals surface area (Å²) in [5.74, 6) is -0.876. The first-order chi connectivity index (χ1) is 29.0. The van der Waals surface area contributed by atoms with Gasteiger partial charge in [0.25, 0.3) is 0 Å². The van der Waals surface area contributed by atoms with E-state index in [0.29, 0.717) is 19.3 Å². The molecule has 0 saturated heterocycles. The molecule has 6 nitrogen and oxygen atoms in total. The van der Waals surface area contributed by atoms with Crippen molar-refractivity contribution < 1.29 is 28.6 Å². The van der Waals surface area contributed by atoms with Gasteiger partial charge < -0.3 is 14.2 Å². The van der Waals surface area contributed by atoms with E-state index in [4.69, 9.17) is 14.2 Å². The Morgan fingerprint density at radius 3 is 1.03 bits per heavy atom. The zero-order valence-corrected chi connectivity index (χ0v) is 39.0. The lowest BCUT2D eigenvalue weighted by Crippen LogP contribution is -2.30. The largest absolute Gasteiger partial charge is 0.462 e. The van der Waals surface area contributed by atoms with Crippen LogP contribution in [0.15, 0.2) is 48.6 Å². The van der Waals surface area contributed by atoms with Gasteiger partial charge in [0.1, 0.15) is 13.2 Å². The van der Waals surface area contributed by atoms with E-state index in [9.17, 15) is 14.4 Å². The molecule has 0 bridgehead atoms. The smallest absolute Gasteiger partial charge is 0.306 e. The highest BCUT2D eigenvalue weighted by Crippen LogP contribution is 2.15. The number of ether oxygens (including phenoxy) is 3. The van der Waals surface area contributed by atoms with E-state index < -0.39 is 6.10 Å². The minimum absolute atomic E-state index is 0.0712. The third kappa shape index (κ3) is 46.3. The van der Waals surface area contributed by atoms with Crippen LogP contribution >= 0.6 is 0 Å². The third-order valence-corrected chi connectivity index (χ3v) is 10.8. The first kappa shape index (κ1) is 56.4. The zero-order valence-electron chi connectivity index (χ0n) is 39.0. The summed E-state index contributed by atoms with van der Waals surface area (Å²) in [4.78, 5) is 37.7. The molecule has 0 spiro atoms. The summed E-state index contributed by atoms with van der Waals surface area (Å²) >= 11 is 0. The van der Waals surface area contributed by atoms with Gasteiger partial charge in [-0.2, -0.15) is 0 Å². The van der Waals surface area contributed by atoms with E-state index in [0.717, 1.165) is 83.5 Å². The molecule has 0 radical (unpaired) electrons. The lowest BCUT2D eigenvalue weighted by Gasteiger charge is -2.18. The van der Waals surface area contributed by atoms with E-state index in [2.05, 4.69) is 69.4 Å². The standard InChI is InChI=1S/C53H94O6/c1-4-7-10-13-16-19-21-22-23-24-25-26-27-28-29-30-31-32-33-35-37-40-43-46-52(55)58-49-50(48-57-51(54)45-42-39-36-18-15-12-9-6-3)59-53(56)47-44-41-38-34-20-17-14-11-8-5-2/h7,10,16,19,22-23,25-26,50H,4-6,8-9,11-15,17-18,20-21,24,27-49H2,1-3H3/b10-7-,19-16-,23-22-,26-25-. The van der Waals surface area contributed by atoms with Crippen molar-refractivity contribution >= 4 is 17.9 Å². The topological polar surface area (TPSA) is 78.9 Å². The molecule has 0 aromatic rings. The van der Waals surface area contributed by atoms with E-state index >= 15 is 0 Å². The van der Waals surface area contributed by atoms with Gasteiger partial charge in [0.05, 0.1) is 0 Å². The average Bonchev–Trinajstić information content (AvgIpc) is 3.23. The highest BCUT2D eigenvalue weighted by molar-refractivity contribution is 5.71. The Morgan fingerprint density at radius 2 is 0.661 bits per heavy atom. The lowest BCUT2D eigenvalue weighted by molar-refractivity contribution is -0.167. The van der Waals surface area contributed by atoms with Crippen molar-refractivity contribution in [3.63, 3.8) is 0 Å². The molecule has 1 atom stereocenters. The Bertz CT molecular complexity index is 1040. The van der Waals surface area contributed by atoms with Gasteiger partial charge in [-0.1, -0.05) is 223 Å². The van der Waals surface area contributed by atoms with Crippen molar-refractivity contribution in [3.8, 4) is 0 Å². The quantitative estimate of drug-likeness (QED) is 0.0263. The molecule has 0 aromatic heterocycles. The van der Waals surface area contributed by atoms with Crippen LogP contribution < -0.4 is 0 Å². The van der Waals surface area contributed by atoms with Crippen LogP contribution in [0.25, 0.3) is 0 Å². The van der Waals surface area contributed by atoms with Gasteiger partial charge in [0.15, 0.2) is 6.10 Å². The molecule has 0 aromatic carbocycles. The third-order valence-electron chi connectivity index (χ3n) is 10.8. The van der Waals surface area contributed by atoms with Crippen molar-refractivity contribution in [1.29, 1.82) is 0 Å². The predicted molar refractivity (Wildman–Crippen MR) is 252 cm³/mol. The van der Waals surface area contributed by atoms with Crippen molar-refractivity contribution in [2.75, 3.05) is 13.2 Å². The van der Waals surface area contributed by atoms with Crippen LogP contribution in [-0.4, -0.2) is 37.2 Å². The van der Waals surface area contributed by atoms with E-state index in [1.54, 1.807) is 0 Å². The summed E-state index contributed by atoms with van der Waals surface area (Å²) in [6, 6.07) is 0. The molecule has 0 rings (SSSR count). The molecular formula is C53H94O6. The second-order valence-electron chi connectivity index (χ2n) is 16.7. The Hall–Kier alpha value is -2.63. The van der Waals surface area contributed by atoms with Gasteiger partial charge in [-0.3, -0.25) is 14.4 Å². The Balaban J connectivity index is 4.17. The van der Waals surface area contributed by atoms with Gasteiger partial charge in [-0.25, -0.2) is 0 Å². The number of carbonyl (C=O) groups excluding carboxylic acids is 3. The molecule has 1 unspecified atom stereocenters. The number of hydrogen-bond donors (Lipinski definition) is 0. The Labute approximate surface area is 365 Å². The normalized spacial score (nSPS) is 12.4. The maximum atomic E-state index is 12.7. The van der Waals surface area contributed by atoms with Gasteiger partial charge in [-0.05, 0) is 57.8 Å². The summed E-state index contributed by atoms with van der Waals surface area (Å²) in [6.45, 7) is 6.49. The number of carbonyl (C=O) groups is 3. The van der Waals surface area contributed by atoms with Crippen LogP contribution in [0.1, 0.15) is 252 Å². The first-order valence-electron chi connectivity index (χ1n) is 25.1. The molecule has 6 heteroatoms. The maximum absolute atomic E-state index is 12.7. The van der Waals surface area contributed by atoms with Crippen LogP contribution in [0.4, 0.5) is 0 Å². The summed E-state index contributed by atoms with van der Waals surface area (Å²) < 4.78 is 16.7. The molecule has 0 saturated carbocycles. The van der Waals surface area contributed by atoms with Crippen LogP contribution in [0.5, 0.6) is 0 Å². The molecule has 342 valence electrons. The zero-order chi connectivity index (χ0) is 43.0. The summed E-state index contributed by atoms with van der Waals surface area (Å²) in [6.07, 6.45) is 56.8. The van der Waals surface area contributed by atoms with E-state index in [-0.39, 0.29) is 31.1 Å². The minimum atomic E-state index is -0.767. The second kappa shape index (κ2) is 48.0. The maximum Gasteiger partial charge on any atom is 0.306 e. The fourth-order valence-corrected chi connectivity index (χ4v) is 7.08. The van der Waals surface area contributed by atoms with Crippen LogP contribution in [0.2, 0.25) is 0 Å². The van der Waals surface area contributed by atoms with Crippen LogP contribution in [0, 0.1) is 0 Å². The van der Waals surface area contributed by atoms with Gasteiger partial charge in [0, 0.05) is 19.3 Å². The first-order valence-corrected chi connectivity index (χ1v) is 25.1. The molecule has 0 aliphatic rings. The van der Waals surface area contributed by atoms with Crippen LogP contribution in [-0.2, 0) is 28.6 Å². The number of unbranched alkanes of at least 4 members (excludes halogenated alkanes) is 26. The highest BCUT2D eigenvalue weighted by Gasteiger charge is 2.19. The fourth-order valence-electron chi connectivity index (χ4n) is 7.08. The molecule has 59 heavy (non-hydrogen) atoms. The molecular weight excluding hydrogens is 733 g/mol. The number of rotatable bonds is 45. The lowest BCUT2D eigenvalue weighted by atomic mass is 10.1. The Morgan fingerprint density at radius 1 is 0.356 bits per heavy atom. The number of allylic oxidation sites excluding steroid dienone is 8. The van der Waals surface area contributed by atoms with Crippen LogP contribution in [0.3, 0.4) is 0 Å². The van der Waals surface area contributed by atoms with Gasteiger partial charge >= 0.3 is 17.9 Å². The van der Waals surface area contributed by atoms with Gasteiger partial charge in [0.2, 0.25) is 0 Å². The monoisotopic (exact) mass is 827 g/mol. The van der Waals surface area contributed by atoms with E-state index in [1.807, 2.05) is 0 Å². The fraction of sp³-hybridized carbons (Fsp3) is 0.792. The Kier molecular flexibility index (Phi) is 45.9. The number of hydrogen-bond acceptors (Lipinski definition) is 6. The van der Waals surface area contributed by atoms with Crippen molar-refractivity contribution in [2.24, 2.45) is 0 Å². The SMILES string of the molecule is CC/C=C\C/C=C\C/C=C\C/C=C\CCCCCCCCCCCCC(=O)OCC(COC(=O)CCCCCCCCCC)OC(=O)CCCCCCCCCCCC. The molecule has 0 N–H and O–H groups in total. The summed E-state index contributed by atoms with van der Waals surface area (Å²) in [5, 5.41) is 0. The molecule has 0 aliphatic carbocycles. The van der Waals surface area contributed by atoms with E-state index in [1.165, 1.54) is 128 Å². The molecule has 0 aliphatic heterocycles. The van der Waals surface area contributed by atoms with Crippen molar-refractivity contribution in [3.05, 3.63) is 48.6 Å². The highest BCUT2D eigenvalue weighted by atomic mass is 16.6. The number of esters is 3. The predicted octanol–water partition coefficient (Wildman–Crippen LogP) is 16.3. The molecule has 0 amide bonds. The van der Waals surface area contributed by atoms with Crippen molar-refractivity contribution in [2.45, 2.75) is 258 Å².